The van der Waals surface area contributed by atoms with Crippen LogP contribution in [-0.2, 0) is 13.6 Å². The van der Waals surface area contributed by atoms with Gasteiger partial charge in [0.05, 0.1) is 11.4 Å². The SMILES string of the molecule is Cc1cc(CN2CC(C)(N)C2)n(C)n1. The van der Waals surface area contributed by atoms with E-state index < -0.39 is 0 Å². The molecule has 0 amide bonds. The summed E-state index contributed by atoms with van der Waals surface area (Å²) in [5, 5.41) is 4.32. The molecule has 1 fully saturated rings. The van der Waals surface area contributed by atoms with Crippen molar-refractivity contribution in [1.29, 1.82) is 0 Å². The van der Waals surface area contributed by atoms with E-state index in [2.05, 4.69) is 23.0 Å². The normalized spacial score (nSPS) is 20.9. The first-order valence-electron chi connectivity index (χ1n) is 4.97. The van der Waals surface area contributed by atoms with Gasteiger partial charge in [0.15, 0.2) is 0 Å². The molecule has 0 aliphatic carbocycles. The van der Waals surface area contributed by atoms with Gasteiger partial charge < -0.3 is 5.73 Å². The van der Waals surface area contributed by atoms with Crippen LogP contribution in [0, 0.1) is 6.92 Å². The standard InChI is InChI=1S/C10H18N4/c1-8-4-9(13(3)12-8)5-14-6-10(2,11)7-14/h4H,5-7,11H2,1-3H3. The van der Waals surface area contributed by atoms with Crippen molar-refractivity contribution < 1.29 is 0 Å². The first kappa shape index (κ1) is 9.68. The monoisotopic (exact) mass is 194 g/mol. The van der Waals surface area contributed by atoms with Crippen molar-refractivity contribution in [2.75, 3.05) is 13.1 Å². The number of hydrogen-bond donors (Lipinski definition) is 1. The summed E-state index contributed by atoms with van der Waals surface area (Å²) in [6.45, 7) is 7.04. The third-order valence-electron chi connectivity index (χ3n) is 2.65. The van der Waals surface area contributed by atoms with Crippen LogP contribution in [0.4, 0.5) is 0 Å². The van der Waals surface area contributed by atoms with Crippen molar-refractivity contribution in [2.45, 2.75) is 25.9 Å². The Hall–Kier alpha value is -0.870. The van der Waals surface area contributed by atoms with Gasteiger partial charge in [-0.05, 0) is 19.9 Å². The Labute approximate surface area is 84.7 Å². The van der Waals surface area contributed by atoms with E-state index in [-0.39, 0.29) is 5.54 Å². The largest absolute Gasteiger partial charge is 0.323 e. The van der Waals surface area contributed by atoms with Crippen LogP contribution in [0.1, 0.15) is 18.3 Å². The Kier molecular flexibility index (Phi) is 2.12. The third-order valence-corrected chi connectivity index (χ3v) is 2.65. The van der Waals surface area contributed by atoms with Crippen LogP contribution in [0.15, 0.2) is 6.07 Å². The second-order valence-electron chi connectivity index (χ2n) is 4.70. The molecule has 0 aromatic carbocycles. The van der Waals surface area contributed by atoms with Gasteiger partial charge in [0.2, 0.25) is 0 Å². The van der Waals surface area contributed by atoms with Gasteiger partial charge in [-0.15, -0.1) is 0 Å². The minimum absolute atomic E-state index is 0.0215. The van der Waals surface area contributed by atoms with Gasteiger partial charge in [0.1, 0.15) is 0 Å². The van der Waals surface area contributed by atoms with E-state index in [1.54, 1.807) is 0 Å². The molecule has 4 heteroatoms. The molecule has 0 bridgehead atoms. The number of rotatable bonds is 2. The lowest BCUT2D eigenvalue weighted by Crippen LogP contribution is -2.64. The molecule has 1 saturated heterocycles. The first-order chi connectivity index (χ1) is 6.46. The zero-order chi connectivity index (χ0) is 10.3. The average molecular weight is 194 g/mol. The summed E-state index contributed by atoms with van der Waals surface area (Å²) in [5.74, 6) is 0. The summed E-state index contributed by atoms with van der Waals surface area (Å²) < 4.78 is 1.95. The Morgan fingerprint density at radius 2 is 2.21 bits per heavy atom. The summed E-state index contributed by atoms with van der Waals surface area (Å²) in [6.07, 6.45) is 0. The molecule has 0 saturated carbocycles. The minimum Gasteiger partial charge on any atom is -0.323 e. The molecule has 2 heterocycles. The van der Waals surface area contributed by atoms with Gasteiger partial charge in [0.25, 0.3) is 0 Å². The van der Waals surface area contributed by atoms with E-state index >= 15 is 0 Å². The van der Waals surface area contributed by atoms with Crippen LogP contribution in [0.5, 0.6) is 0 Å². The van der Waals surface area contributed by atoms with E-state index in [1.807, 2.05) is 18.7 Å². The highest BCUT2D eigenvalue weighted by Gasteiger charge is 2.34. The zero-order valence-electron chi connectivity index (χ0n) is 9.12. The van der Waals surface area contributed by atoms with Crippen LogP contribution < -0.4 is 5.73 Å². The maximum Gasteiger partial charge on any atom is 0.0597 e. The van der Waals surface area contributed by atoms with Crippen molar-refractivity contribution in [3.8, 4) is 0 Å². The molecule has 0 spiro atoms. The van der Waals surface area contributed by atoms with E-state index in [1.165, 1.54) is 5.69 Å². The van der Waals surface area contributed by atoms with Crippen LogP contribution >= 0.6 is 0 Å². The molecule has 1 aliphatic rings. The van der Waals surface area contributed by atoms with Crippen LogP contribution in [0.25, 0.3) is 0 Å². The summed E-state index contributed by atoms with van der Waals surface area (Å²) in [4.78, 5) is 2.34. The third kappa shape index (κ3) is 1.81. The van der Waals surface area contributed by atoms with E-state index in [0.29, 0.717) is 0 Å². The molecule has 0 radical (unpaired) electrons. The van der Waals surface area contributed by atoms with Gasteiger partial charge in [0, 0.05) is 32.2 Å². The van der Waals surface area contributed by atoms with Crippen LogP contribution in [0.3, 0.4) is 0 Å². The number of hydrogen-bond acceptors (Lipinski definition) is 3. The molecular formula is C10H18N4. The Morgan fingerprint density at radius 1 is 1.57 bits per heavy atom. The van der Waals surface area contributed by atoms with Crippen molar-refractivity contribution in [3.63, 3.8) is 0 Å². The zero-order valence-corrected chi connectivity index (χ0v) is 9.12. The van der Waals surface area contributed by atoms with E-state index in [0.717, 1.165) is 25.3 Å². The molecule has 2 rings (SSSR count). The van der Waals surface area contributed by atoms with Crippen LogP contribution in [-0.4, -0.2) is 33.3 Å². The van der Waals surface area contributed by atoms with Gasteiger partial charge in [-0.3, -0.25) is 9.58 Å². The Bertz CT molecular complexity index is 332. The Balaban J connectivity index is 1.96. The number of nitrogens with two attached hydrogens (primary N) is 1. The lowest BCUT2D eigenvalue weighted by molar-refractivity contribution is 0.0739. The summed E-state index contributed by atoms with van der Waals surface area (Å²) in [5.41, 5.74) is 8.31. The molecule has 1 aliphatic heterocycles. The minimum atomic E-state index is 0.0215. The molecule has 2 N–H and O–H groups in total. The quantitative estimate of drug-likeness (QED) is 0.734. The van der Waals surface area contributed by atoms with E-state index in [4.69, 9.17) is 5.73 Å². The van der Waals surface area contributed by atoms with Crippen molar-refractivity contribution in [3.05, 3.63) is 17.5 Å². The van der Waals surface area contributed by atoms with Gasteiger partial charge in [-0.2, -0.15) is 5.10 Å². The fourth-order valence-electron chi connectivity index (χ4n) is 2.13. The van der Waals surface area contributed by atoms with Crippen molar-refractivity contribution in [1.82, 2.24) is 14.7 Å². The Morgan fingerprint density at radius 3 is 2.64 bits per heavy atom. The second-order valence-corrected chi connectivity index (χ2v) is 4.70. The lowest BCUT2D eigenvalue weighted by atomic mass is 9.94. The maximum absolute atomic E-state index is 5.94. The predicted octanol–water partition coefficient (Wildman–Crippen LogP) is 0.262. The topological polar surface area (TPSA) is 47.1 Å². The van der Waals surface area contributed by atoms with Crippen molar-refractivity contribution in [2.24, 2.45) is 12.8 Å². The highest BCUT2D eigenvalue weighted by Crippen LogP contribution is 2.19. The van der Waals surface area contributed by atoms with Crippen molar-refractivity contribution >= 4 is 0 Å². The number of likely N-dealkylation sites (tertiary alicyclic amines) is 1. The van der Waals surface area contributed by atoms with Gasteiger partial charge in [-0.1, -0.05) is 0 Å². The lowest BCUT2D eigenvalue weighted by Gasteiger charge is -2.45. The number of aryl methyl sites for hydroxylation is 2. The average Bonchev–Trinajstić information content (AvgIpc) is 2.26. The highest BCUT2D eigenvalue weighted by atomic mass is 15.3. The molecule has 1 aromatic rings. The fourth-order valence-corrected chi connectivity index (χ4v) is 2.13. The smallest absolute Gasteiger partial charge is 0.0597 e. The summed E-state index contributed by atoms with van der Waals surface area (Å²) in [6, 6.07) is 2.13. The molecule has 14 heavy (non-hydrogen) atoms. The number of nitrogens with zero attached hydrogens (tertiary/aromatic N) is 3. The molecular weight excluding hydrogens is 176 g/mol. The van der Waals surface area contributed by atoms with Gasteiger partial charge in [-0.25, -0.2) is 0 Å². The maximum atomic E-state index is 5.94. The molecule has 0 atom stereocenters. The highest BCUT2D eigenvalue weighted by molar-refractivity contribution is 5.10. The number of aromatic nitrogens is 2. The van der Waals surface area contributed by atoms with Crippen LogP contribution in [0.2, 0.25) is 0 Å². The molecule has 4 nitrogen and oxygen atoms in total. The summed E-state index contributed by atoms with van der Waals surface area (Å²) in [7, 11) is 1.99. The molecule has 78 valence electrons. The second kappa shape index (κ2) is 3.07. The van der Waals surface area contributed by atoms with E-state index in [9.17, 15) is 0 Å². The fraction of sp³-hybridized carbons (Fsp3) is 0.700. The summed E-state index contributed by atoms with van der Waals surface area (Å²) >= 11 is 0. The first-order valence-corrected chi connectivity index (χ1v) is 4.97. The molecule has 0 unspecified atom stereocenters. The van der Waals surface area contributed by atoms with Gasteiger partial charge >= 0.3 is 0 Å². The molecule has 1 aromatic heterocycles. The predicted molar refractivity (Wildman–Crippen MR) is 55.8 cm³/mol.